The van der Waals surface area contributed by atoms with E-state index >= 15 is 0 Å². The topological polar surface area (TPSA) is 72.2 Å². The molecule has 1 aromatic carbocycles. The number of nitrogens with one attached hydrogen (secondary N) is 1. The number of benzene rings is 1. The molecule has 3 N–H and O–H groups in total. The Labute approximate surface area is 166 Å². The van der Waals surface area contributed by atoms with Gasteiger partial charge in [-0.25, -0.2) is 0 Å². The van der Waals surface area contributed by atoms with E-state index in [0.29, 0.717) is 10.6 Å². The number of carbonyl (C=O) groups is 2. The minimum atomic E-state index is -0.449. The van der Waals surface area contributed by atoms with Gasteiger partial charge in [-0.1, -0.05) is 31.5 Å². The van der Waals surface area contributed by atoms with Gasteiger partial charge in [-0.2, -0.15) is 0 Å². The quantitative estimate of drug-likeness (QED) is 0.624. The number of amides is 2. The maximum Gasteiger partial charge on any atom is 0.266 e. The van der Waals surface area contributed by atoms with Crippen LogP contribution < -0.4 is 11.1 Å². The first-order valence-electron chi connectivity index (χ1n) is 9.36. The molecule has 2 heterocycles. The van der Waals surface area contributed by atoms with Crippen molar-refractivity contribution in [3.05, 3.63) is 50.7 Å². The molecule has 1 aliphatic rings. The van der Waals surface area contributed by atoms with Crippen LogP contribution >= 0.6 is 22.7 Å². The number of carbonyl (C=O) groups excluding carboxylic acids is 2. The molecular weight excluding hydrogens is 376 g/mol. The van der Waals surface area contributed by atoms with Crippen LogP contribution in [0, 0.1) is 0 Å². The van der Waals surface area contributed by atoms with Crippen molar-refractivity contribution >= 4 is 49.6 Å². The van der Waals surface area contributed by atoms with Gasteiger partial charge in [0.15, 0.2) is 0 Å². The summed E-state index contributed by atoms with van der Waals surface area (Å²) >= 11 is 3.03. The zero-order valence-corrected chi connectivity index (χ0v) is 16.9. The van der Waals surface area contributed by atoms with Crippen LogP contribution in [0.3, 0.4) is 0 Å². The molecular formula is C21H22N2O2S2. The van der Waals surface area contributed by atoms with Gasteiger partial charge in [-0.05, 0) is 54.7 Å². The van der Waals surface area contributed by atoms with E-state index in [2.05, 4.69) is 24.4 Å². The summed E-state index contributed by atoms with van der Waals surface area (Å²) in [4.78, 5) is 27.1. The number of hydrogen-bond acceptors (Lipinski definition) is 4. The van der Waals surface area contributed by atoms with E-state index in [1.807, 2.05) is 12.1 Å². The molecule has 0 bridgehead atoms. The molecule has 0 aliphatic heterocycles. The fourth-order valence-corrected chi connectivity index (χ4v) is 6.29. The van der Waals surface area contributed by atoms with E-state index in [1.165, 1.54) is 27.6 Å². The van der Waals surface area contributed by atoms with Crippen LogP contribution in [0.4, 0.5) is 5.00 Å². The molecule has 0 fully saturated rings. The van der Waals surface area contributed by atoms with Crippen LogP contribution in [0.15, 0.2) is 24.3 Å². The first kappa shape index (κ1) is 18.2. The van der Waals surface area contributed by atoms with Crippen molar-refractivity contribution in [2.75, 3.05) is 5.32 Å². The monoisotopic (exact) mass is 398 g/mol. The summed E-state index contributed by atoms with van der Waals surface area (Å²) in [6.45, 7) is 2.12. The summed E-state index contributed by atoms with van der Waals surface area (Å²) in [6.07, 6.45) is 5.84. The van der Waals surface area contributed by atoms with Crippen molar-refractivity contribution in [2.24, 2.45) is 5.73 Å². The third-order valence-corrected chi connectivity index (χ3v) is 7.47. The Kier molecular flexibility index (Phi) is 5.02. The Morgan fingerprint density at radius 2 is 1.93 bits per heavy atom. The van der Waals surface area contributed by atoms with Gasteiger partial charge < -0.3 is 11.1 Å². The highest BCUT2D eigenvalue weighted by Crippen LogP contribution is 2.39. The third kappa shape index (κ3) is 3.28. The Hall–Kier alpha value is -2.18. The molecule has 0 saturated heterocycles. The van der Waals surface area contributed by atoms with Gasteiger partial charge in [0.25, 0.3) is 11.8 Å². The Morgan fingerprint density at radius 1 is 1.15 bits per heavy atom. The van der Waals surface area contributed by atoms with Crippen LogP contribution in [0.2, 0.25) is 0 Å². The predicted octanol–water partition coefficient (Wildman–Crippen LogP) is 5.15. The zero-order chi connectivity index (χ0) is 19.0. The average molecular weight is 399 g/mol. The first-order valence-corrected chi connectivity index (χ1v) is 11.0. The second kappa shape index (κ2) is 7.44. The summed E-state index contributed by atoms with van der Waals surface area (Å²) in [5, 5.41) is 4.77. The lowest BCUT2D eigenvalue weighted by atomic mass is 9.95. The van der Waals surface area contributed by atoms with Gasteiger partial charge in [-0.15, -0.1) is 22.7 Å². The lowest BCUT2D eigenvalue weighted by Gasteiger charge is -2.11. The number of aryl methyl sites for hydroxylation is 2. The molecule has 0 radical (unpaired) electrons. The van der Waals surface area contributed by atoms with Gasteiger partial charge >= 0.3 is 0 Å². The second-order valence-electron chi connectivity index (χ2n) is 6.89. The van der Waals surface area contributed by atoms with E-state index in [0.717, 1.165) is 64.6 Å². The third-order valence-electron chi connectivity index (χ3n) is 5.05. The van der Waals surface area contributed by atoms with E-state index in [1.54, 1.807) is 0 Å². The van der Waals surface area contributed by atoms with Crippen molar-refractivity contribution in [1.29, 1.82) is 0 Å². The summed E-state index contributed by atoms with van der Waals surface area (Å²) < 4.78 is 1.12. The fourth-order valence-electron chi connectivity index (χ4n) is 3.85. The summed E-state index contributed by atoms with van der Waals surface area (Å²) in [5.41, 5.74) is 8.31. The Morgan fingerprint density at radius 3 is 2.70 bits per heavy atom. The molecule has 2 aromatic heterocycles. The van der Waals surface area contributed by atoms with Crippen molar-refractivity contribution in [1.82, 2.24) is 0 Å². The molecule has 0 saturated carbocycles. The van der Waals surface area contributed by atoms with E-state index in [-0.39, 0.29) is 5.91 Å². The molecule has 27 heavy (non-hydrogen) atoms. The van der Waals surface area contributed by atoms with Gasteiger partial charge in [-0.3, -0.25) is 9.59 Å². The van der Waals surface area contributed by atoms with Crippen molar-refractivity contribution in [2.45, 2.75) is 45.4 Å². The highest BCUT2D eigenvalue weighted by Gasteiger charge is 2.26. The summed E-state index contributed by atoms with van der Waals surface area (Å²) in [5.74, 6) is -0.587. The van der Waals surface area contributed by atoms with Crippen LogP contribution in [-0.2, 0) is 19.3 Å². The van der Waals surface area contributed by atoms with Crippen LogP contribution in [0.25, 0.3) is 10.1 Å². The molecule has 3 aromatic rings. The number of rotatable bonds is 5. The van der Waals surface area contributed by atoms with E-state index < -0.39 is 5.91 Å². The molecule has 6 heteroatoms. The molecule has 1 aliphatic carbocycles. The molecule has 140 valence electrons. The van der Waals surface area contributed by atoms with Gasteiger partial charge in [0, 0.05) is 9.58 Å². The fraction of sp³-hybridized carbons (Fsp3) is 0.333. The average Bonchev–Trinajstić information content (AvgIpc) is 3.20. The number of hydrogen-bond donors (Lipinski definition) is 2. The van der Waals surface area contributed by atoms with E-state index in [4.69, 9.17) is 5.73 Å². The molecule has 2 amide bonds. The first-order chi connectivity index (χ1) is 13.1. The maximum atomic E-state index is 13.1. The molecule has 0 atom stereocenters. The minimum absolute atomic E-state index is 0.138. The summed E-state index contributed by atoms with van der Waals surface area (Å²) in [6, 6.07) is 8.13. The van der Waals surface area contributed by atoms with Gasteiger partial charge in [0.05, 0.1) is 10.4 Å². The number of primary amides is 1. The van der Waals surface area contributed by atoms with Gasteiger partial charge in [0.1, 0.15) is 5.00 Å². The highest BCUT2D eigenvalue weighted by molar-refractivity contribution is 7.21. The molecule has 0 spiro atoms. The number of fused-ring (bicyclic) bond motifs is 2. The second-order valence-corrected chi connectivity index (χ2v) is 9.05. The normalized spacial score (nSPS) is 13.5. The molecule has 0 unspecified atom stereocenters. The van der Waals surface area contributed by atoms with Crippen molar-refractivity contribution in [3.8, 4) is 0 Å². The number of thiophene rings is 2. The van der Waals surface area contributed by atoms with Crippen LogP contribution in [-0.4, -0.2) is 11.8 Å². The Bertz CT molecular complexity index is 1030. The van der Waals surface area contributed by atoms with Crippen LogP contribution in [0.5, 0.6) is 0 Å². The van der Waals surface area contributed by atoms with Crippen molar-refractivity contribution in [3.63, 3.8) is 0 Å². The van der Waals surface area contributed by atoms with Gasteiger partial charge in [0.2, 0.25) is 0 Å². The standard InChI is InChI=1S/C21H22N2O2S2/c1-2-7-13-12-8-3-5-10-15(12)26-18(13)20(25)23-21-17(19(22)24)14-9-4-6-11-16(14)27-21/h3,5,8,10H,2,4,6-7,9,11H2,1H3,(H2,22,24)(H,23,25). The Balaban J connectivity index is 1.73. The maximum absolute atomic E-state index is 13.1. The molecule has 4 rings (SSSR count). The number of anilines is 1. The smallest absolute Gasteiger partial charge is 0.266 e. The minimum Gasteiger partial charge on any atom is -0.365 e. The van der Waals surface area contributed by atoms with Crippen molar-refractivity contribution < 1.29 is 9.59 Å². The SMILES string of the molecule is CCCc1c(C(=O)Nc2sc3c(c2C(N)=O)CCCC3)sc2ccccc12. The van der Waals surface area contributed by atoms with Crippen LogP contribution in [0.1, 0.15) is 62.2 Å². The predicted molar refractivity (Wildman–Crippen MR) is 113 cm³/mol. The largest absolute Gasteiger partial charge is 0.365 e. The highest BCUT2D eigenvalue weighted by atomic mass is 32.1. The zero-order valence-electron chi connectivity index (χ0n) is 15.3. The number of nitrogens with two attached hydrogens (primary N) is 1. The molecule has 4 nitrogen and oxygen atoms in total. The lowest BCUT2D eigenvalue weighted by molar-refractivity contribution is 0.100. The lowest BCUT2D eigenvalue weighted by Crippen LogP contribution is -2.18. The summed E-state index contributed by atoms with van der Waals surface area (Å²) in [7, 11) is 0. The van der Waals surface area contributed by atoms with E-state index in [9.17, 15) is 9.59 Å².